The summed E-state index contributed by atoms with van der Waals surface area (Å²) in [6.45, 7) is -0.425. The van der Waals surface area contributed by atoms with Crippen LogP contribution in [0.25, 0.3) is 6.08 Å². The van der Waals surface area contributed by atoms with E-state index in [4.69, 9.17) is 32.7 Å². The Balaban J connectivity index is 1.84. The zero-order chi connectivity index (χ0) is 18.2. The Labute approximate surface area is 155 Å². The van der Waals surface area contributed by atoms with Gasteiger partial charge in [-0.25, -0.2) is 4.79 Å². The topological polar surface area (TPSA) is 64.6 Å². The first-order valence-electron chi connectivity index (χ1n) is 7.21. The van der Waals surface area contributed by atoms with Crippen molar-refractivity contribution in [2.45, 2.75) is 0 Å². The van der Waals surface area contributed by atoms with E-state index in [1.807, 2.05) is 6.07 Å². The third kappa shape index (κ3) is 6.49. The average Bonchev–Trinajstić information content (AvgIpc) is 2.57. The predicted molar refractivity (Wildman–Crippen MR) is 98.1 cm³/mol. The molecule has 0 aliphatic carbocycles. The Morgan fingerprint density at radius 1 is 1.12 bits per heavy atom. The largest absolute Gasteiger partial charge is 0.497 e. The smallest absolute Gasteiger partial charge is 0.331 e. The summed E-state index contributed by atoms with van der Waals surface area (Å²) >= 11 is 11.7. The molecule has 1 amide bonds. The summed E-state index contributed by atoms with van der Waals surface area (Å²) in [7, 11) is 1.56. The van der Waals surface area contributed by atoms with Gasteiger partial charge in [-0.15, -0.1) is 0 Å². The molecule has 0 aliphatic rings. The Bertz CT molecular complexity index is 785. The van der Waals surface area contributed by atoms with Gasteiger partial charge >= 0.3 is 5.97 Å². The average molecular weight is 380 g/mol. The molecule has 0 aliphatic heterocycles. The first-order chi connectivity index (χ1) is 12.0. The maximum Gasteiger partial charge on any atom is 0.331 e. The van der Waals surface area contributed by atoms with Crippen molar-refractivity contribution in [2.75, 3.05) is 19.0 Å². The number of carbonyl (C=O) groups excluding carboxylic acids is 2. The minimum absolute atomic E-state index is 0.390. The molecule has 0 saturated heterocycles. The molecular weight excluding hydrogens is 365 g/mol. The van der Waals surface area contributed by atoms with E-state index in [9.17, 15) is 9.59 Å². The van der Waals surface area contributed by atoms with Gasteiger partial charge in [0.15, 0.2) is 6.61 Å². The molecule has 2 aromatic rings. The third-order valence-corrected chi connectivity index (χ3v) is 3.43. The molecule has 2 rings (SSSR count). The van der Waals surface area contributed by atoms with Crippen LogP contribution in [0.1, 0.15) is 5.56 Å². The first-order valence-corrected chi connectivity index (χ1v) is 7.96. The van der Waals surface area contributed by atoms with Crippen molar-refractivity contribution < 1.29 is 19.1 Å². The lowest BCUT2D eigenvalue weighted by atomic mass is 10.2. The van der Waals surface area contributed by atoms with E-state index in [0.717, 1.165) is 5.56 Å². The van der Waals surface area contributed by atoms with Crippen molar-refractivity contribution in [3.8, 4) is 5.75 Å². The molecule has 0 spiro atoms. The maximum absolute atomic E-state index is 11.8. The fourth-order valence-electron chi connectivity index (χ4n) is 1.92. The van der Waals surface area contributed by atoms with Gasteiger partial charge in [-0.1, -0.05) is 35.3 Å². The first kappa shape index (κ1) is 18.8. The highest BCUT2D eigenvalue weighted by Crippen LogP contribution is 2.22. The lowest BCUT2D eigenvalue weighted by molar-refractivity contribution is -0.142. The van der Waals surface area contributed by atoms with Gasteiger partial charge in [0.25, 0.3) is 5.91 Å². The summed E-state index contributed by atoms with van der Waals surface area (Å²) in [5.41, 5.74) is 1.19. The van der Waals surface area contributed by atoms with Crippen LogP contribution in [0.2, 0.25) is 10.0 Å². The van der Waals surface area contributed by atoms with Gasteiger partial charge in [0.05, 0.1) is 7.11 Å². The summed E-state index contributed by atoms with van der Waals surface area (Å²) in [6.07, 6.45) is 2.80. The second-order valence-electron chi connectivity index (χ2n) is 4.92. The fourth-order valence-corrected chi connectivity index (χ4v) is 2.44. The van der Waals surface area contributed by atoms with Crippen molar-refractivity contribution in [2.24, 2.45) is 0 Å². The number of halogens is 2. The van der Waals surface area contributed by atoms with Crippen LogP contribution < -0.4 is 10.1 Å². The van der Waals surface area contributed by atoms with Crippen molar-refractivity contribution >= 4 is 46.8 Å². The van der Waals surface area contributed by atoms with Crippen molar-refractivity contribution in [1.82, 2.24) is 0 Å². The van der Waals surface area contributed by atoms with E-state index < -0.39 is 18.5 Å². The molecule has 0 atom stereocenters. The molecule has 5 nitrogen and oxygen atoms in total. The van der Waals surface area contributed by atoms with Gasteiger partial charge < -0.3 is 14.8 Å². The van der Waals surface area contributed by atoms with Gasteiger partial charge in [-0.3, -0.25) is 4.79 Å². The fraction of sp³-hybridized carbons (Fsp3) is 0.111. The number of methoxy groups -OCH3 is 1. The number of anilines is 1. The normalized spacial score (nSPS) is 10.5. The molecule has 1 N–H and O–H groups in total. The second kappa shape index (κ2) is 9.11. The molecule has 0 fully saturated rings. The highest BCUT2D eigenvalue weighted by atomic mass is 35.5. The minimum Gasteiger partial charge on any atom is -0.497 e. The number of amides is 1. The molecule has 0 aromatic heterocycles. The molecule has 0 bridgehead atoms. The zero-order valence-electron chi connectivity index (χ0n) is 13.3. The summed E-state index contributed by atoms with van der Waals surface area (Å²) in [6, 6.07) is 11.8. The number of rotatable bonds is 6. The third-order valence-electron chi connectivity index (χ3n) is 3.00. The SMILES string of the molecule is COc1cccc(C=CC(=O)OCC(=O)Nc2cc(Cl)cc(Cl)c2)c1. The number of esters is 1. The van der Waals surface area contributed by atoms with Crippen LogP contribution in [-0.2, 0) is 14.3 Å². The van der Waals surface area contributed by atoms with Crippen molar-refractivity contribution in [3.05, 3.63) is 64.1 Å². The van der Waals surface area contributed by atoms with Crippen LogP contribution in [0, 0.1) is 0 Å². The molecule has 0 unspecified atom stereocenters. The van der Waals surface area contributed by atoms with E-state index in [1.165, 1.54) is 18.2 Å². The minimum atomic E-state index is -0.637. The van der Waals surface area contributed by atoms with Gasteiger partial charge in [-0.05, 0) is 42.0 Å². The molecule has 130 valence electrons. The van der Waals surface area contributed by atoms with Gasteiger partial charge in [0.2, 0.25) is 0 Å². The van der Waals surface area contributed by atoms with Crippen molar-refractivity contribution in [3.63, 3.8) is 0 Å². The second-order valence-corrected chi connectivity index (χ2v) is 5.80. The number of hydrogen-bond donors (Lipinski definition) is 1. The van der Waals surface area contributed by atoms with Gasteiger partial charge in [0.1, 0.15) is 5.75 Å². The Morgan fingerprint density at radius 3 is 2.52 bits per heavy atom. The molecule has 0 heterocycles. The lowest BCUT2D eigenvalue weighted by Gasteiger charge is -2.06. The summed E-state index contributed by atoms with van der Waals surface area (Å²) < 4.78 is 9.97. The maximum atomic E-state index is 11.8. The van der Waals surface area contributed by atoms with Gasteiger partial charge in [0, 0.05) is 21.8 Å². The number of nitrogens with one attached hydrogen (secondary N) is 1. The van der Waals surface area contributed by atoms with E-state index >= 15 is 0 Å². The number of benzene rings is 2. The van der Waals surface area contributed by atoms with Gasteiger partial charge in [-0.2, -0.15) is 0 Å². The molecule has 2 aromatic carbocycles. The van der Waals surface area contributed by atoms with Crippen LogP contribution in [0.4, 0.5) is 5.69 Å². The number of hydrogen-bond acceptors (Lipinski definition) is 4. The summed E-state index contributed by atoms with van der Waals surface area (Å²) in [5, 5.41) is 3.32. The quantitative estimate of drug-likeness (QED) is 0.603. The monoisotopic (exact) mass is 379 g/mol. The highest BCUT2D eigenvalue weighted by Gasteiger charge is 2.07. The number of carbonyl (C=O) groups is 2. The zero-order valence-corrected chi connectivity index (χ0v) is 14.8. The van der Waals surface area contributed by atoms with E-state index in [1.54, 1.807) is 37.5 Å². The number of ether oxygens (including phenoxy) is 2. The molecule has 7 heteroatoms. The van der Waals surface area contributed by atoms with Crippen molar-refractivity contribution in [1.29, 1.82) is 0 Å². The summed E-state index contributed by atoms with van der Waals surface area (Å²) in [4.78, 5) is 23.5. The van der Waals surface area contributed by atoms with E-state index in [0.29, 0.717) is 21.5 Å². The van der Waals surface area contributed by atoms with Crippen LogP contribution >= 0.6 is 23.2 Å². The predicted octanol–water partition coefficient (Wildman–Crippen LogP) is 4.20. The van der Waals surface area contributed by atoms with Crippen LogP contribution in [0.15, 0.2) is 48.5 Å². The highest BCUT2D eigenvalue weighted by molar-refractivity contribution is 6.35. The summed E-state index contributed by atoms with van der Waals surface area (Å²) in [5.74, 6) is -0.460. The van der Waals surface area contributed by atoms with Crippen LogP contribution in [0.3, 0.4) is 0 Å². The standard InChI is InChI=1S/C18H15Cl2NO4/c1-24-16-4-2-3-12(7-16)5-6-18(23)25-11-17(22)21-15-9-13(19)8-14(20)10-15/h2-10H,11H2,1H3,(H,21,22). The van der Waals surface area contributed by atoms with E-state index in [-0.39, 0.29) is 0 Å². The Morgan fingerprint density at radius 2 is 1.84 bits per heavy atom. The molecule has 25 heavy (non-hydrogen) atoms. The lowest BCUT2D eigenvalue weighted by Crippen LogP contribution is -2.20. The molecule has 0 saturated carbocycles. The molecular formula is C18H15Cl2NO4. The van der Waals surface area contributed by atoms with E-state index in [2.05, 4.69) is 5.32 Å². The molecule has 0 radical (unpaired) electrons. The van der Waals surface area contributed by atoms with Crippen LogP contribution in [0.5, 0.6) is 5.75 Å². The Hall–Kier alpha value is -2.50. The van der Waals surface area contributed by atoms with Crippen LogP contribution in [-0.4, -0.2) is 25.6 Å². The Kier molecular flexibility index (Phi) is 6.86.